The van der Waals surface area contributed by atoms with Gasteiger partial charge in [0.25, 0.3) is 5.91 Å². The van der Waals surface area contributed by atoms with E-state index in [1.807, 2.05) is 36.1 Å². The molecule has 1 saturated heterocycles. The van der Waals surface area contributed by atoms with Gasteiger partial charge in [0.1, 0.15) is 0 Å². The highest BCUT2D eigenvalue weighted by atomic mass is 16.2. The molecule has 1 amide bonds. The van der Waals surface area contributed by atoms with Gasteiger partial charge in [0.15, 0.2) is 0 Å². The third-order valence-corrected chi connectivity index (χ3v) is 4.99. The third-order valence-electron chi connectivity index (χ3n) is 4.99. The molecule has 0 aliphatic carbocycles. The first-order valence-electron chi connectivity index (χ1n) is 8.84. The van der Waals surface area contributed by atoms with Crippen LogP contribution in [0.3, 0.4) is 0 Å². The van der Waals surface area contributed by atoms with Crippen LogP contribution in [-0.2, 0) is 6.54 Å². The normalized spacial score (nSPS) is 15.6. The Bertz CT molecular complexity index is 891. The van der Waals surface area contributed by atoms with Crippen molar-refractivity contribution < 1.29 is 4.79 Å². The summed E-state index contributed by atoms with van der Waals surface area (Å²) in [6.07, 6.45) is 2.11. The number of aromatic nitrogens is 1. The Balaban J connectivity index is 1.39. The van der Waals surface area contributed by atoms with Gasteiger partial charge >= 0.3 is 0 Å². The molecule has 0 unspecified atom stereocenters. The fraction of sp³-hybridized carbons (Fsp3) is 0.286. The summed E-state index contributed by atoms with van der Waals surface area (Å²) >= 11 is 0. The Kier molecular flexibility index (Phi) is 4.28. The molecule has 25 heavy (non-hydrogen) atoms. The van der Waals surface area contributed by atoms with Gasteiger partial charge in [-0.3, -0.25) is 9.69 Å². The SMILES string of the molecule is Cc1cccc(C(=O)N2CCN(Cc3c[nH]c4ccccc34)CC2)c1. The van der Waals surface area contributed by atoms with Gasteiger partial charge in [0.2, 0.25) is 0 Å². The number of carbonyl (C=O) groups excluding carboxylic acids is 1. The second-order valence-electron chi connectivity index (χ2n) is 6.80. The topological polar surface area (TPSA) is 39.3 Å². The predicted molar refractivity (Wildman–Crippen MR) is 101 cm³/mol. The minimum Gasteiger partial charge on any atom is -0.361 e. The molecule has 0 radical (unpaired) electrons. The number of H-pyrrole nitrogens is 1. The van der Waals surface area contributed by atoms with Crippen LogP contribution in [-0.4, -0.2) is 46.9 Å². The lowest BCUT2D eigenvalue weighted by Gasteiger charge is -2.34. The second-order valence-corrected chi connectivity index (χ2v) is 6.80. The maximum absolute atomic E-state index is 12.7. The van der Waals surface area contributed by atoms with Gasteiger partial charge in [-0.05, 0) is 30.7 Å². The molecule has 3 aromatic rings. The van der Waals surface area contributed by atoms with Crippen molar-refractivity contribution in [2.24, 2.45) is 0 Å². The molecular formula is C21H23N3O. The van der Waals surface area contributed by atoms with E-state index in [4.69, 9.17) is 0 Å². The summed E-state index contributed by atoms with van der Waals surface area (Å²) in [7, 11) is 0. The third kappa shape index (κ3) is 3.30. The van der Waals surface area contributed by atoms with E-state index in [-0.39, 0.29) is 5.91 Å². The van der Waals surface area contributed by atoms with Gasteiger partial charge in [-0.1, -0.05) is 35.9 Å². The van der Waals surface area contributed by atoms with Gasteiger partial charge in [-0.25, -0.2) is 0 Å². The molecule has 0 saturated carbocycles. The van der Waals surface area contributed by atoms with Crippen LogP contribution in [0.25, 0.3) is 10.9 Å². The van der Waals surface area contributed by atoms with E-state index < -0.39 is 0 Å². The first-order chi connectivity index (χ1) is 12.2. The summed E-state index contributed by atoms with van der Waals surface area (Å²) in [4.78, 5) is 20.4. The summed E-state index contributed by atoms with van der Waals surface area (Å²) < 4.78 is 0. The minimum absolute atomic E-state index is 0.149. The average Bonchev–Trinajstić information content (AvgIpc) is 3.05. The van der Waals surface area contributed by atoms with Crippen LogP contribution in [0.15, 0.2) is 54.7 Å². The number of piperazine rings is 1. The highest BCUT2D eigenvalue weighted by Crippen LogP contribution is 2.20. The van der Waals surface area contributed by atoms with E-state index in [1.54, 1.807) is 0 Å². The Morgan fingerprint density at radius 3 is 2.64 bits per heavy atom. The molecule has 1 aliphatic heterocycles. The lowest BCUT2D eigenvalue weighted by Crippen LogP contribution is -2.48. The van der Waals surface area contributed by atoms with E-state index in [2.05, 4.69) is 40.3 Å². The maximum Gasteiger partial charge on any atom is 0.253 e. The van der Waals surface area contributed by atoms with E-state index in [9.17, 15) is 4.79 Å². The molecule has 128 valence electrons. The van der Waals surface area contributed by atoms with Crippen LogP contribution in [0.4, 0.5) is 0 Å². The lowest BCUT2D eigenvalue weighted by molar-refractivity contribution is 0.0629. The predicted octanol–water partition coefficient (Wildman–Crippen LogP) is 3.43. The van der Waals surface area contributed by atoms with Gasteiger partial charge in [0.05, 0.1) is 0 Å². The molecule has 4 nitrogen and oxygen atoms in total. The van der Waals surface area contributed by atoms with E-state index in [0.717, 1.165) is 43.9 Å². The van der Waals surface area contributed by atoms with E-state index >= 15 is 0 Å². The van der Waals surface area contributed by atoms with Gasteiger partial charge in [-0.15, -0.1) is 0 Å². The van der Waals surface area contributed by atoms with Crippen LogP contribution in [0, 0.1) is 6.92 Å². The van der Waals surface area contributed by atoms with Crippen molar-refractivity contribution in [1.29, 1.82) is 0 Å². The molecule has 4 heteroatoms. The highest BCUT2D eigenvalue weighted by molar-refractivity contribution is 5.94. The quantitative estimate of drug-likeness (QED) is 0.797. The number of benzene rings is 2. The Hall–Kier alpha value is -2.59. The van der Waals surface area contributed by atoms with Crippen molar-refractivity contribution in [1.82, 2.24) is 14.8 Å². The number of aryl methyl sites for hydroxylation is 1. The van der Waals surface area contributed by atoms with Crippen LogP contribution in [0.5, 0.6) is 0 Å². The molecule has 1 fully saturated rings. The zero-order valence-electron chi connectivity index (χ0n) is 14.5. The number of rotatable bonds is 3. The lowest BCUT2D eigenvalue weighted by atomic mass is 10.1. The van der Waals surface area contributed by atoms with Crippen LogP contribution >= 0.6 is 0 Å². The monoisotopic (exact) mass is 333 g/mol. The molecule has 1 aliphatic rings. The molecule has 0 spiro atoms. The number of nitrogens with zero attached hydrogens (tertiary/aromatic N) is 2. The number of nitrogens with one attached hydrogen (secondary N) is 1. The van der Waals surface area contributed by atoms with Crippen molar-refractivity contribution in [2.45, 2.75) is 13.5 Å². The molecule has 1 N–H and O–H groups in total. The number of amides is 1. The standard InChI is InChI=1S/C21H23N3O/c1-16-5-4-6-17(13-16)21(25)24-11-9-23(10-12-24)15-18-14-22-20-8-3-2-7-19(18)20/h2-8,13-14,22H,9-12,15H2,1H3. The number of hydrogen-bond acceptors (Lipinski definition) is 2. The van der Waals surface area contributed by atoms with Crippen molar-refractivity contribution in [3.8, 4) is 0 Å². The second kappa shape index (κ2) is 6.73. The van der Waals surface area contributed by atoms with Crippen LogP contribution < -0.4 is 0 Å². The van der Waals surface area contributed by atoms with Crippen molar-refractivity contribution in [3.63, 3.8) is 0 Å². The first kappa shape index (κ1) is 15.9. The van der Waals surface area contributed by atoms with Crippen LogP contribution in [0.2, 0.25) is 0 Å². The van der Waals surface area contributed by atoms with Crippen LogP contribution in [0.1, 0.15) is 21.5 Å². The summed E-state index contributed by atoms with van der Waals surface area (Å²) in [5.41, 5.74) is 4.44. The van der Waals surface area contributed by atoms with Crippen molar-refractivity contribution in [2.75, 3.05) is 26.2 Å². The van der Waals surface area contributed by atoms with Gasteiger partial charge in [-0.2, -0.15) is 0 Å². The summed E-state index contributed by atoms with van der Waals surface area (Å²) in [5.74, 6) is 0.149. The number of para-hydroxylation sites is 1. The molecule has 2 aromatic carbocycles. The smallest absolute Gasteiger partial charge is 0.253 e. The minimum atomic E-state index is 0.149. The van der Waals surface area contributed by atoms with Crippen molar-refractivity contribution >= 4 is 16.8 Å². The molecule has 0 atom stereocenters. The molecular weight excluding hydrogens is 310 g/mol. The zero-order valence-corrected chi connectivity index (χ0v) is 14.5. The number of aromatic amines is 1. The molecule has 2 heterocycles. The molecule has 0 bridgehead atoms. The summed E-state index contributed by atoms with van der Waals surface area (Å²) in [5, 5.41) is 1.29. The fourth-order valence-electron chi connectivity index (χ4n) is 3.57. The molecule has 1 aromatic heterocycles. The first-order valence-corrected chi connectivity index (χ1v) is 8.84. The highest BCUT2D eigenvalue weighted by Gasteiger charge is 2.22. The number of hydrogen-bond donors (Lipinski definition) is 1. The average molecular weight is 333 g/mol. The Morgan fingerprint density at radius 1 is 1.04 bits per heavy atom. The van der Waals surface area contributed by atoms with E-state index in [1.165, 1.54) is 16.5 Å². The van der Waals surface area contributed by atoms with Crippen molar-refractivity contribution in [3.05, 3.63) is 71.4 Å². The Labute approximate surface area is 148 Å². The summed E-state index contributed by atoms with van der Waals surface area (Å²) in [6, 6.07) is 16.3. The largest absolute Gasteiger partial charge is 0.361 e. The Morgan fingerprint density at radius 2 is 1.84 bits per heavy atom. The number of fused-ring (bicyclic) bond motifs is 1. The fourth-order valence-corrected chi connectivity index (χ4v) is 3.57. The number of carbonyl (C=O) groups is 1. The van der Waals surface area contributed by atoms with Gasteiger partial charge < -0.3 is 9.88 Å². The van der Waals surface area contributed by atoms with Gasteiger partial charge in [0, 0.05) is 55.4 Å². The maximum atomic E-state index is 12.7. The zero-order chi connectivity index (χ0) is 17.2. The van der Waals surface area contributed by atoms with E-state index in [0.29, 0.717) is 0 Å². The summed E-state index contributed by atoms with van der Waals surface area (Å²) in [6.45, 7) is 6.35. The molecule has 4 rings (SSSR count).